The average Bonchev–Trinajstić information content (AvgIpc) is 3.65. The zero-order chi connectivity index (χ0) is 25.2. The quantitative estimate of drug-likeness (QED) is 0.324. The molecule has 1 fully saturated rings. The molecule has 0 aliphatic carbocycles. The molecule has 37 heavy (non-hydrogen) atoms. The number of furan rings is 1. The molecule has 0 saturated carbocycles. The summed E-state index contributed by atoms with van der Waals surface area (Å²) in [6.45, 7) is 1.70. The summed E-state index contributed by atoms with van der Waals surface area (Å²) in [6, 6.07) is 28.1. The van der Waals surface area contributed by atoms with Crippen molar-refractivity contribution in [1.82, 2.24) is 9.91 Å². The van der Waals surface area contributed by atoms with Gasteiger partial charge in [0.2, 0.25) is 5.78 Å². The fourth-order valence-corrected chi connectivity index (χ4v) is 5.46. The molecule has 2 aliphatic heterocycles. The Labute approximate surface area is 216 Å². The molecule has 0 bridgehead atoms. The first-order valence-electron chi connectivity index (χ1n) is 12.9. The zero-order valence-electron chi connectivity index (χ0n) is 20.6. The van der Waals surface area contributed by atoms with Gasteiger partial charge in [0.15, 0.2) is 5.76 Å². The Hall–Kier alpha value is -4.03. The number of nitrogens with zero attached hydrogens (tertiary/aromatic N) is 3. The third-order valence-electron chi connectivity index (χ3n) is 7.51. The maximum atomic E-state index is 13.6. The summed E-state index contributed by atoms with van der Waals surface area (Å²) in [5.74, 6) is 0.413. The highest BCUT2D eigenvalue weighted by atomic mass is 16.3. The minimum atomic E-state index is -0.131. The van der Waals surface area contributed by atoms with Gasteiger partial charge in [0.25, 0.3) is 5.91 Å². The van der Waals surface area contributed by atoms with E-state index in [0.29, 0.717) is 31.8 Å². The van der Waals surface area contributed by atoms with Crippen molar-refractivity contribution >= 4 is 28.2 Å². The van der Waals surface area contributed by atoms with Gasteiger partial charge in [0, 0.05) is 12.3 Å². The number of amides is 1. The predicted octanol–water partition coefficient (Wildman–Crippen LogP) is 5.71. The lowest BCUT2D eigenvalue weighted by molar-refractivity contribution is -0.134. The molecule has 1 atom stereocenters. The van der Waals surface area contributed by atoms with E-state index < -0.39 is 0 Å². The molecular weight excluding hydrogens is 462 g/mol. The molecule has 1 saturated heterocycles. The number of carbonyl (C=O) groups is 2. The van der Waals surface area contributed by atoms with Gasteiger partial charge in [-0.25, -0.2) is 5.01 Å². The number of Topliss-reactive ketones (excluding diaryl/α,β-unsaturated/α-hetero) is 1. The van der Waals surface area contributed by atoms with E-state index in [-0.39, 0.29) is 23.7 Å². The van der Waals surface area contributed by atoms with Crippen LogP contribution in [-0.4, -0.2) is 46.9 Å². The Morgan fingerprint density at radius 3 is 2.38 bits per heavy atom. The second-order valence-corrected chi connectivity index (χ2v) is 9.87. The maximum absolute atomic E-state index is 13.6. The van der Waals surface area contributed by atoms with Crippen LogP contribution in [0.1, 0.15) is 47.0 Å². The van der Waals surface area contributed by atoms with Gasteiger partial charge in [-0.05, 0) is 66.0 Å². The Kier molecular flexibility index (Phi) is 6.41. The number of piperidine rings is 1. The van der Waals surface area contributed by atoms with Crippen molar-refractivity contribution < 1.29 is 14.0 Å². The molecule has 0 spiro atoms. The number of carbonyl (C=O) groups excluding carboxylic acids is 2. The van der Waals surface area contributed by atoms with E-state index in [0.717, 1.165) is 35.1 Å². The standard InChI is InChI=1S/C31H29N3O3/c35-30(21-33-16-14-24(15-17-33)31(36)29-11-6-18-37-29)34-28(23-8-2-1-3-9-23)20-27(32-34)26-13-12-22-7-4-5-10-25(22)19-26/h1-13,18-19,24,28H,14-17,20-21H2. The Balaban J connectivity index is 1.18. The molecule has 6 nitrogen and oxygen atoms in total. The van der Waals surface area contributed by atoms with E-state index in [4.69, 9.17) is 9.52 Å². The lowest BCUT2D eigenvalue weighted by Gasteiger charge is -2.32. The lowest BCUT2D eigenvalue weighted by Crippen LogP contribution is -2.43. The van der Waals surface area contributed by atoms with E-state index in [1.807, 2.05) is 30.3 Å². The van der Waals surface area contributed by atoms with Crippen LogP contribution in [0.25, 0.3) is 10.8 Å². The molecule has 1 unspecified atom stereocenters. The normalized spacial score (nSPS) is 18.8. The molecule has 3 aromatic carbocycles. The van der Waals surface area contributed by atoms with Crippen molar-refractivity contribution in [3.63, 3.8) is 0 Å². The Morgan fingerprint density at radius 1 is 0.865 bits per heavy atom. The molecule has 6 heteroatoms. The monoisotopic (exact) mass is 491 g/mol. The molecule has 3 heterocycles. The van der Waals surface area contributed by atoms with Gasteiger partial charge in [-0.1, -0.05) is 66.7 Å². The fraction of sp³-hybridized carbons (Fsp3) is 0.258. The van der Waals surface area contributed by atoms with Gasteiger partial charge in [0.05, 0.1) is 24.6 Å². The number of benzene rings is 3. The first kappa shape index (κ1) is 23.4. The second-order valence-electron chi connectivity index (χ2n) is 9.87. The summed E-state index contributed by atoms with van der Waals surface area (Å²) in [5.41, 5.74) is 3.06. The minimum absolute atomic E-state index is 0.0135. The first-order chi connectivity index (χ1) is 18.2. The Bertz CT molecular complexity index is 1440. The van der Waals surface area contributed by atoms with Crippen LogP contribution in [0.4, 0.5) is 0 Å². The van der Waals surface area contributed by atoms with E-state index in [1.165, 1.54) is 11.6 Å². The topological polar surface area (TPSA) is 66.1 Å². The van der Waals surface area contributed by atoms with Crippen LogP contribution < -0.4 is 0 Å². The van der Waals surface area contributed by atoms with E-state index in [9.17, 15) is 9.59 Å². The first-order valence-corrected chi connectivity index (χ1v) is 12.9. The number of hydrogen-bond donors (Lipinski definition) is 0. The number of ketones is 1. The van der Waals surface area contributed by atoms with Crippen LogP contribution in [0, 0.1) is 5.92 Å². The van der Waals surface area contributed by atoms with Gasteiger partial charge < -0.3 is 4.42 Å². The smallest absolute Gasteiger partial charge is 0.257 e. The molecule has 6 rings (SSSR count). The van der Waals surface area contributed by atoms with E-state index in [1.54, 1.807) is 17.1 Å². The summed E-state index contributed by atoms with van der Waals surface area (Å²) in [5, 5.41) is 8.90. The molecule has 0 radical (unpaired) electrons. The average molecular weight is 492 g/mol. The number of hydrazone groups is 1. The van der Waals surface area contributed by atoms with Crippen molar-refractivity contribution in [1.29, 1.82) is 0 Å². The molecule has 2 aliphatic rings. The second kappa shape index (κ2) is 10.1. The van der Waals surface area contributed by atoms with E-state index >= 15 is 0 Å². The highest BCUT2D eigenvalue weighted by molar-refractivity contribution is 6.05. The van der Waals surface area contributed by atoms with Crippen LogP contribution in [-0.2, 0) is 4.79 Å². The summed E-state index contributed by atoms with van der Waals surface area (Å²) in [6.07, 6.45) is 3.65. The summed E-state index contributed by atoms with van der Waals surface area (Å²) in [4.78, 5) is 28.4. The van der Waals surface area contributed by atoms with Crippen LogP contribution in [0.5, 0.6) is 0 Å². The molecule has 186 valence electrons. The largest absolute Gasteiger partial charge is 0.461 e. The number of hydrogen-bond acceptors (Lipinski definition) is 5. The van der Waals surface area contributed by atoms with E-state index in [2.05, 4.69) is 47.4 Å². The van der Waals surface area contributed by atoms with Crippen molar-refractivity contribution in [3.8, 4) is 0 Å². The van der Waals surface area contributed by atoms with Gasteiger partial charge in [-0.2, -0.15) is 5.10 Å². The summed E-state index contributed by atoms with van der Waals surface area (Å²) in [7, 11) is 0. The maximum Gasteiger partial charge on any atom is 0.257 e. The van der Waals surface area contributed by atoms with Crippen molar-refractivity contribution in [2.24, 2.45) is 11.0 Å². The molecule has 4 aromatic rings. The third kappa shape index (κ3) is 4.85. The molecule has 1 aromatic heterocycles. The highest BCUT2D eigenvalue weighted by Crippen LogP contribution is 2.34. The van der Waals surface area contributed by atoms with Gasteiger partial charge >= 0.3 is 0 Å². The highest BCUT2D eigenvalue weighted by Gasteiger charge is 2.35. The predicted molar refractivity (Wildman–Crippen MR) is 143 cm³/mol. The van der Waals surface area contributed by atoms with Gasteiger partial charge in [-0.15, -0.1) is 0 Å². The summed E-state index contributed by atoms with van der Waals surface area (Å²) < 4.78 is 5.29. The van der Waals surface area contributed by atoms with Gasteiger partial charge in [-0.3, -0.25) is 14.5 Å². The Morgan fingerprint density at radius 2 is 1.62 bits per heavy atom. The summed E-state index contributed by atoms with van der Waals surface area (Å²) >= 11 is 0. The number of rotatable bonds is 6. The van der Waals surface area contributed by atoms with Crippen LogP contribution in [0.2, 0.25) is 0 Å². The minimum Gasteiger partial charge on any atom is -0.461 e. The molecule has 0 N–H and O–H groups in total. The SMILES string of the molecule is O=C(c1ccco1)C1CCN(CC(=O)N2N=C(c3ccc4ccccc4c3)CC2c2ccccc2)CC1. The van der Waals surface area contributed by atoms with Gasteiger partial charge in [0.1, 0.15) is 0 Å². The number of likely N-dealkylation sites (tertiary alicyclic amines) is 1. The fourth-order valence-electron chi connectivity index (χ4n) is 5.46. The van der Waals surface area contributed by atoms with Crippen LogP contribution in [0.3, 0.4) is 0 Å². The number of fused-ring (bicyclic) bond motifs is 1. The van der Waals surface area contributed by atoms with Crippen molar-refractivity contribution in [2.45, 2.75) is 25.3 Å². The van der Waals surface area contributed by atoms with Crippen LogP contribution >= 0.6 is 0 Å². The third-order valence-corrected chi connectivity index (χ3v) is 7.51. The molecular formula is C31H29N3O3. The molecule has 1 amide bonds. The van der Waals surface area contributed by atoms with Crippen molar-refractivity contribution in [3.05, 3.63) is 108 Å². The van der Waals surface area contributed by atoms with Crippen molar-refractivity contribution in [2.75, 3.05) is 19.6 Å². The van der Waals surface area contributed by atoms with Crippen LogP contribution in [0.15, 0.2) is 101 Å². The zero-order valence-corrected chi connectivity index (χ0v) is 20.6. The lowest BCUT2D eigenvalue weighted by atomic mass is 9.91.